The summed E-state index contributed by atoms with van der Waals surface area (Å²) in [5.41, 5.74) is 0. The quantitative estimate of drug-likeness (QED) is 0.927. The van der Waals surface area contributed by atoms with Crippen molar-refractivity contribution in [3.8, 4) is 0 Å². The molecule has 0 bridgehead atoms. The normalized spacial score (nSPS) is 30.4. The second-order valence-electron chi connectivity index (χ2n) is 5.62. The molecule has 0 saturated carbocycles. The van der Waals surface area contributed by atoms with E-state index in [0.29, 0.717) is 11.9 Å². The number of thioether (sulfide) groups is 1. The average molecular weight is 310 g/mol. The van der Waals surface area contributed by atoms with E-state index in [-0.39, 0.29) is 12.2 Å². The Balaban J connectivity index is 1.86. The maximum atomic E-state index is 12.7. The number of rotatable bonds is 4. The van der Waals surface area contributed by atoms with Gasteiger partial charge in [0, 0.05) is 21.5 Å². The zero-order valence-electron chi connectivity index (χ0n) is 12.1. The lowest BCUT2D eigenvalue weighted by Gasteiger charge is -2.29. The van der Waals surface area contributed by atoms with Crippen molar-refractivity contribution in [3.05, 3.63) is 21.9 Å². The van der Waals surface area contributed by atoms with Crippen LogP contribution >= 0.6 is 23.1 Å². The number of amides is 1. The molecule has 0 radical (unpaired) electrons. The van der Waals surface area contributed by atoms with Gasteiger partial charge in [-0.15, -0.1) is 11.3 Å². The van der Waals surface area contributed by atoms with E-state index in [4.69, 9.17) is 0 Å². The molecule has 2 fully saturated rings. The zero-order chi connectivity index (χ0) is 14.1. The van der Waals surface area contributed by atoms with Gasteiger partial charge in [-0.05, 0) is 37.7 Å². The second kappa shape index (κ2) is 6.08. The van der Waals surface area contributed by atoms with Crippen LogP contribution < -0.4 is 5.32 Å². The maximum absolute atomic E-state index is 12.7. The number of carbonyl (C=O) groups excluding carboxylic acids is 1. The van der Waals surface area contributed by atoms with E-state index in [2.05, 4.69) is 36.2 Å². The minimum atomic E-state index is 0.0120. The minimum absolute atomic E-state index is 0.0120. The van der Waals surface area contributed by atoms with Crippen LogP contribution in [0.1, 0.15) is 42.1 Å². The van der Waals surface area contributed by atoms with Crippen LogP contribution in [0.15, 0.2) is 12.1 Å². The first-order valence-electron chi connectivity index (χ1n) is 7.43. The highest BCUT2D eigenvalue weighted by molar-refractivity contribution is 7.99. The molecule has 2 aliphatic heterocycles. The Morgan fingerprint density at radius 3 is 2.90 bits per heavy atom. The number of nitrogens with one attached hydrogen (secondary N) is 1. The van der Waals surface area contributed by atoms with E-state index in [0.717, 1.165) is 25.0 Å². The third kappa shape index (κ3) is 2.63. The van der Waals surface area contributed by atoms with E-state index in [9.17, 15) is 4.79 Å². The molecule has 1 aromatic rings. The molecule has 1 aromatic heterocycles. The molecule has 3 nitrogen and oxygen atoms in total. The molecule has 110 valence electrons. The molecule has 0 aromatic carbocycles. The number of hydrogen-bond donors (Lipinski definition) is 1. The van der Waals surface area contributed by atoms with Gasteiger partial charge < -0.3 is 4.90 Å². The van der Waals surface area contributed by atoms with Crippen molar-refractivity contribution in [2.45, 2.75) is 51.4 Å². The fourth-order valence-corrected chi connectivity index (χ4v) is 5.24. The summed E-state index contributed by atoms with van der Waals surface area (Å²) in [5.74, 6) is 2.59. The van der Waals surface area contributed by atoms with Gasteiger partial charge in [0.15, 0.2) is 0 Å². The number of thiophene rings is 1. The third-order valence-corrected chi connectivity index (χ3v) is 6.29. The molecule has 2 aliphatic rings. The van der Waals surface area contributed by atoms with E-state index in [1.807, 2.05) is 11.8 Å². The Morgan fingerprint density at radius 1 is 1.45 bits per heavy atom. The topological polar surface area (TPSA) is 32.3 Å². The molecule has 0 aliphatic carbocycles. The Labute approximate surface area is 129 Å². The highest BCUT2D eigenvalue weighted by Crippen LogP contribution is 2.36. The van der Waals surface area contributed by atoms with Gasteiger partial charge >= 0.3 is 0 Å². The zero-order valence-corrected chi connectivity index (χ0v) is 13.7. The predicted octanol–water partition coefficient (Wildman–Crippen LogP) is 3.16. The van der Waals surface area contributed by atoms with Gasteiger partial charge in [0.05, 0.1) is 6.04 Å². The van der Waals surface area contributed by atoms with Gasteiger partial charge in [-0.2, -0.15) is 11.8 Å². The van der Waals surface area contributed by atoms with Crippen molar-refractivity contribution in [2.75, 3.05) is 11.5 Å². The van der Waals surface area contributed by atoms with Crippen molar-refractivity contribution in [1.29, 1.82) is 0 Å². The minimum Gasteiger partial charge on any atom is -0.317 e. The Hall–Kier alpha value is -0.520. The summed E-state index contributed by atoms with van der Waals surface area (Å²) in [7, 11) is 0. The average Bonchev–Trinajstić information content (AvgIpc) is 3.12. The molecule has 5 heteroatoms. The standard InChI is InChI=1S/C15H22N2OS2/c1-3-4-12-15(18)17(11-7-8-19-9-11)14(16-12)13-6-5-10(2)20-13/h5-6,11-12,14,16H,3-4,7-9H2,1-2H3. The molecule has 3 atom stereocenters. The fourth-order valence-electron chi connectivity index (χ4n) is 3.10. The van der Waals surface area contributed by atoms with Crippen molar-refractivity contribution in [3.63, 3.8) is 0 Å². The first kappa shape index (κ1) is 14.4. The van der Waals surface area contributed by atoms with Gasteiger partial charge in [0.25, 0.3) is 0 Å². The maximum Gasteiger partial charge on any atom is 0.241 e. The largest absolute Gasteiger partial charge is 0.317 e. The second-order valence-corrected chi connectivity index (χ2v) is 8.09. The lowest BCUT2D eigenvalue weighted by molar-refractivity contribution is -0.132. The SMILES string of the molecule is CCCC1NC(c2ccc(C)s2)N(C2CCSC2)C1=O. The summed E-state index contributed by atoms with van der Waals surface area (Å²) in [5, 5.41) is 3.58. The molecular weight excluding hydrogens is 288 g/mol. The van der Waals surface area contributed by atoms with E-state index < -0.39 is 0 Å². The van der Waals surface area contributed by atoms with Gasteiger partial charge in [0.2, 0.25) is 5.91 Å². The van der Waals surface area contributed by atoms with Crippen LogP contribution in [0.5, 0.6) is 0 Å². The molecular formula is C15H22N2OS2. The van der Waals surface area contributed by atoms with Crippen LogP contribution in [0.25, 0.3) is 0 Å². The molecule has 3 heterocycles. The van der Waals surface area contributed by atoms with Crippen LogP contribution in [0.2, 0.25) is 0 Å². The van der Waals surface area contributed by atoms with Gasteiger partial charge in [-0.1, -0.05) is 13.3 Å². The number of hydrogen-bond acceptors (Lipinski definition) is 4. The van der Waals surface area contributed by atoms with Crippen LogP contribution in [0.4, 0.5) is 0 Å². The highest BCUT2D eigenvalue weighted by atomic mass is 32.2. The van der Waals surface area contributed by atoms with Gasteiger partial charge in [-0.3, -0.25) is 10.1 Å². The number of aryl methyl sites for hydroxylation is 1. The van der Waals surface area contributed by atoms with Crippen molar-refractivity contribution < 1.29 is 4.79 Å². The Morgan fingerprint density at radius 2 is 2.30 bits per heavy atom. The first-order chi connectivity index (χ1) is 9.70. The van der Waals surface area contributed by atoms with Crippen LogP contribution in [-0.2, 0) is 4.79 Å². The molecule has 3 unspecified atom stereocenters. The van der Waals surface area contributed by atoms with Crippen LogP contribution in [-0.4, -0.2) is 34.4 Å². The first-order valence-corrected chi connectivity index (χ1v) is 9.40. The summed E-state index contributed by atoms with van der Waals surface area (Å²) < 4.78 is 0. The smallest absolute Gasteiger partial charge is 0.241 e. The Kier molecular flexibility index (Phi) is 4.38. The third-order valence-electron chi connectivity index (χ3n) is 4.10. The molecule has 2 saturated heterocycles. The molecule has 0 spiro atoms. The summed E-state index contributed by atoms with van der Waals surface area (Å²) in [6.07, 6.45) is 3.22. The van der Waals surface area contributed by atoms with Gasteiger partial charge in [-0.25, -0.2) is 0 Å². The molecule has 3 rings (SSSR count). The van der Waals surface area contributed by atoms with Crippen molar-refractivity contribution >= 4 is 29.0 Å². The van der Waals surface area contributed by atoms with E-state index >= 15 is 0 Å². The lowest BCUT2D eigenvalue weighted by Crippen LogP contribution is -2.40. The van der Waals surface area contributed by atoms with E-state index in [1.54, 1.807) is 11.3 Å². The lowest BCUT2D eigenvalue weighted by atomic mass is 10.1. The highest BCUT2D eigenvalue weighted by Gasteiger charge is 2.43. The van der Waals surface area contributed by atoms with E-state index in [1.165, 1.54) is 15.5 Å². The van der Waals surface area contributed by atoms with Gasteiger partial charge in [0.1, 0.15) is 6.17 Å². The van der Waals surface area contributed by atoms with Crippen LogP contribution in [0, 0.1) is 6.92 Å². The monoisotopic (exact) mass is 310 g/mol. The molecule has 1 N–H and O–H groups in total. The summed E-state index contributed by atoms with van der Waals surface area (Å²) in [4.78, 5) is 17.5. The fraction of sp³-hybridized carbons (Fsp3) is 0.667. The molecule has 20 heavy (non-hydrogen) atoms. The van der Waals surface area contributed by atoms with Crippen LogP contribution in [0.3, 0.4) is 0 Å². The summed E-state index contributed by atoms with van der Waals surface area (Å²) >= 11 is 3.78. The predicted molar refractivity (Wildman–Crippen MR) is 86.2 cm³/mol. The molecule has 1 amide bonds. The summed E-state index contributed by atoms with van der Waals surface area (Å²) in [6.45, 7) is 4.28. The summed E-state index contributed by atoms with van der Waals surface area (Å²) in [6, 6.07) is 4.75. The number of carbonyl (C=O) groups is 1. The number of nitrogens with zero attached hydrogens (tertiary/aromatic N) is 1. The van der Waals surface area contributed by atoms with Crippen molar-refractivity contribution in [2.24, 2.45) is 0 Å². The van der Waals surface area contributed by atoms with Crippen molar-refractivity contribution in [1.82, 2.24) is 10.2 Å². The Bertz CT molecular complexity index is 482.